The van der Waals surface area contributed by atoms with E-state index in [1.807, 2.05) is 0 Å². The maximum atomic E-state index is 12.2. The Labute approximate surface area is 151 Å². The minimum Gasteiger partial charge on any atom is -0.504 e. The number of hydrogen-bond donors (Lipinski definition) is 3. The third-order valence-electron chi connectivity index (χ3n) is 3.19. The molecule has 0 aliphatic carbocycles. The molecule has 0 unspecified atom stereocenters. The molecule has 0 bridgehead atoms. The zero-order chi connectivity index (χ0) is 19.2. The number of phenols is 1. The minimum atomic E-state index is -3.88. The molecule has 0 aromatic heterocycles. The van der Waals surface area contributed by atoms with Crippen molar-refractivity contribution in [2.45, 2.75) is 18.7 Å². The van der Waals surface area contributed by atoms with Crippen molar-refractivity contribution < 1.29 is 23.1 Å². The van der Waals surface area contributed by atoms with E-state index in [1.54, 1.807) is 25.1 Å². The average molecular weight is 377 g/mol. The highest BCUT2D eigenvalue weighted by Gasteiger charge is 2.13. The second kappa shape index (κ2) is 8.34. The first kappa shape index (κ1) is 19.3. The lowest BCUT2D eigenvalue weighted by atomic mass is 10.2. The third-order valence-corrected chi connectivity index (χ3v) is 4.43. The van der Waals surface area contributed by atoms with Gasteiger partial charge in [-0.3, -0.25) is 4.79 Å². The molecule has 9 heteroatoms. The van der Waals surface area contributed by atoms with Crippen molar-refractivity contribution in [3.63, 3.8) is 0 Å². The summed E-state index contributed by atoms with van der Waals surface area (Å²) in [5.41, 5.74) is 0.789. The van der Waals surface area contributed by atoms with E-state index < -0.39 is 10.0 Å². The van der Waals surface area contributed by atoms with Crippen LogP contribution in [0.1, 0.15) is 19.4 Å². The molecule has 0 fully saturated rings. The van der Waals surface area contributed by atoms with Crippen LogP contribution in [-0.4, -0.2) is 32.3 Å². The number of para-hydroxylation sites is 1. The van der Waals surface area contributed by atoms with E-state index in [4.69, 9.17) is 4.74 Å². The maximum absolute atomic E-state index is 12.2. The summed E-state index contributed by atoms with van der Waals surface area (Å²) in [6.45, 7) is 3.53. The van der Waals surface area contributed by atoms with Gasteiger partial charge in [0.05, 0.1) is 17.7 Å². The standard InChI is InChI=1S/C17H19N3O5S/c1-3-25-16-6-4-5-13(17(16)22)11-18-20-26(23,24)15-9-7-14(8-10-15)19-12(2)21/h4-11,20,22H,3H2,1-2H3,(H,19,21)/b18-11-. The van der Waals surface area contributed by atoms with Crippen LogP contribution < -0.4 is 14.9 Å². The molecule has 0 aliphatic heterocycles. The Morgan fingerprint density at radius 1 is 1.23 bits per heavy atom. The molecule has 0 radical (unpaired) electrons. The largest absolute Gasteiger partial charge is 0.504 e. The van der Waals surface area contributed by atoms with Gasteiger partial charge in [0.15, 0.2) is 11.5 Å². The number of hydrazone groups is 1. The first-order valence-corrected chi connectivity index (χ1v) is 9.19. The van der Waals surface area contributed by atoms with Gasteiger partial charge in [-0.05, 0) is 43.3 Å². The molecule has 0 atom stereocenters. The zero-order valence-electron chi connectivity index (χ0n) is 14.3. The number of anilines is 1. The van der Waals surface area contributed by atoms with Crippen LogP contribution in [0.15, 0.2) is 52.5 Å². The van der Waals surface area contributed by atoms with Gasteiger partial charge in [-0.15, -0.1) is 0 Å². The van der Waals surface area contributed by atoms with Crippen LogP contribution in [0.2, 0.25) is 0 Å². The quantitative estimate of drug-likeness (QED) is 0.504. The molecule has 3 N–H and O–H groups in total. The summed E-state index contributed by atoms with van der Waals surface area (Å²) >= 11 is 0. The molecular weight excluding hydrogens is 358 g/mol. The smallest absolute Gasteiger partial charge is 0.276 e. The van der Waals surface area contributed by atoms with Crippen molar-refractivity contribution in [1.82, 2.24) is 4.83 Å². The van der Waals surface area contributed by atoms with Gasteiger partial charge in [0.1, 0.15) is 0 Å². The topological polar surface area (TPSA) is 117 Å². The third kappa shape index (κ3) is 4.96. The summed E-state index contributed by atoms with van der Waals surface area (Å²) < 4.78 is 29.7. The molecule has 0 saturated heterocycles. The number of amides is 1. The number of carbonyl (C=O) groups excluding carboxylic acids is 1. The minimum absolute atomic E-state index is 0.0176. The number of rotatable bonds is 7. The summed E-state index contributed by atoms with van der Waals surface area (Å²) in [5, 5.41) is 16.3. The van der Waals surface area contributed by atoms with Gasteiger partial charge in [-0.2, -0.15) is 13.5 Å². The normalized spacial score (nSPS) is 11.3. The summed E-state index contributed by atoms with van der Waals surface area (Å²) in [4.78, 5) is 13.0. The summed E-state index contributed by atoms with van der Waals surface area (Å²) in [5.74, 6) is -0.0951. The predicted octanol–water partition coefficient (Wildman–Crippen LogP) is 2.06. The number of benzene rings is 2. The van der Waals surface area contributed by atoms with Gasteiger partial charge in [0, 0.05) is 18.2 Å². The molecule has 0 aliphatic rings. The molecule has 2 rings (SSSR count). The number of nitrogens with zero attached hydrogens (tertiary/aromatic N) is 1. The number of nitrogens with one attached hydrogen (secondary N) is 2. The highest BCUT2D eigenvalue weighted by molar-refractivity contribution is 7.89. The summed E-state index contributed by atoms with van der Waals surface area (Å²) in [6.07, 6.45) is 1.18. The molecular formula is C17H19N3O5S. The van der Waals surface area contributed by atoms with Crippen LogP contribution in [0.5, 0.6) is 11.5 Å². The average Bonchev–Trinajstić information content (AvgIpc) is 2.58. The predicted molar refractivity (Wildman–Crippen MR) is 97.9 cm³/mol. The molecule has 26 heavy (non-hydrogen) atoms. The van der Waals surface area contributed by atoms with Crippen molar-refractivity contribution in [2.75, 3.05) is 11.9 Å². The van der Waals surface area contributed by atoms with Crippen LogP contribution in [-0.2, 0) is 14.8 Å². The molecule has 138 valence electrons. The number of sulfonamides is 1. The van der Waals surface area contributed by atoms with E-state index in [-0.39, 0.29) is 22.3 Å². The van der Waals surface area contributed by atoms with E-state index in [0.29, 0.717) is 17.9 Å². The van der Waals surface area contributed by atoms with Crippen LogP contribution in [0.25, 0.3) is 0 Å². The van der Waals surface area contributed by atoms with E-state index in [0.717, 1.165) is 0 Å². The van der Waals surface area contributed by atoms with E-state index in [2.05, 4.69) is 15.2 Å². The first-order chi connectivity index (χ1) is 12.3. The van der Waals surface area contributed by atoms with Gasteiger partial charge in [0.2, 0.25) is 5.91 Å². The molecule has 2 aromatic rings. The van der Waals surface area contributed by atoms with Gasteiger partial charge in [-0.1, -0.05) is 6.07 Å². The summed E-state index contributed by atoms with van der Waals surface area (Å²) in [7, 11) is -3.88. The van der Waals surface area contributed by atoms with Gasteiger partial charge >= 0.3 is 0 Å². The highest BCUT2D eigenvalue weighted by atomic mass is 32.2. The van der Waals surface area contributed by atoms with Crippen LogP contribution in [0, 0.1) is 0 Å². The summed E-state index contributed by atoms with van der Waals surface area (Å²) in [6, 6.07) is 10.4. The Bertz CT molecular complexity index is 908. The molecule has 0 saturated carbocycles. The fourth-order valence-corrected chi connectivity index (χ4v) is 2.85. The van der Waals surface area contributed by atoms with Gasteiger partial charge in [-0.25, -0.2) is 4.83 Å². The zero-order valence-corrected chi connectivity index (χ0v) is 15.1. The van der Waals surface area contributed by atoms with Crippen LogP contribution in [0.4, 0.5) is 5.69 Å². The molecule has 0 heterocycles. The second-order valence-electron chi connectivity index (χ2n) is 5.19. The second-order valence-corrected chi connectivity index (χ2v) is 6.85. The van der Waals surface area contributed by atoms with Crippen molar-refractivity contribution in [2.24, 2.45) is 5.10 Å². The van der Waals surface area contributed by atoms with Crippen molar-refractivity contribution in [3.8, 4) is 11.5 Å². The van der Waals surface area contributed by atoms with E-state index in [1.165, 1.54) is 37.4 Å². The van der Waals surface area contributed by atoms with Crippen molar-refractivity contribution in [1.29, 1.82) is 0 Å². The number of phenolic OH excluding ortho intramolecular Hbond substituents is 1. The number of carbonyl (C=O) groups is 1. The Morgan fingerprint density at radius 3 is 2.54 bits per heavy atom. The monoisotopic (exact) mass is 377 g/mol. The number of hydrogen-bond acceptors (Lipinski definition) is 6. The Hall–Kier alpha value is -3.07. The van der Waals surface area contributed by atoms with Gasteiger partial charge < -0.3 is 15.2 Å². The lowest BCUT2D eigenvalue weighted by Gasteiger charge is -2.08. The van der Waals surface area contributed by atoms with Crippen LogP contribution >= 0.6 is 0 Å². The lowest BCUT2D eigenvalue weighted by molar-refractivity contribution is -0.114. The Morgan fingerprint density at radius 2 is 1.92 bits per heavy atom. The fourth-order valence-electron chi connectivity index (χ4n) is 2.05. The fraction of sp³-hybridized carbons (Fsp3) is 0.176. The molecule has 0 spiro atoms. The SMILES string of the molecule is CCOc1cccc(/C=N\NS(=O)(=O)c2ccc(NC(C)=O)cc2)c1O. The molecule has 1 amide bonds. The first-order valence-electron chi connectivity index (χ1n) is 7.71. The van der Waals surface area contributed by atoms with Gasteiger partial charge in [0.25, 0.3) is 10.0 Å². The Balaban J connectivity index is 2.11. The molecule has 2 aromatic carbocycles. The Kier molecular flexibility index (Phi) is 6.18. The van der Waals surface area contributed by atoms with Crippen LogP contribution in [0.3, 0.4) is 0 Å². The number of aromatic hydroxyl groups is 1. The molecule has 8 nitrogen and oxygen atoms in total. The maximum Gasteiger partial charge on any atom is 0.276 e. The highest BCUT2D eigenvalue weighted by Crippen LogP contribution is 2.28. The number of ether oxygens (including phenoxy) is 1. The van der Waals surface area contributed by atoms with E-state index in [9.17, 15) is 18.3 Å². The van der Waals surface area contributed by atoms with Crippen molar-refractivity contribution in [3.05, 3.63) is 48.0 Å². The van der Waals surface area contributed by atoms with Crippen molar-refractivity contribution >= 4 is 27.8 Å². The lowest BCUT2D eigenvalue weighted by Crippen LogP contribution is -2.18. The van der Waals surface area contributed by atoms with E-state index >= 15 is 0 Å².